The number of pyridine rings is 1. The van der Waals surface area contributed by atoms with E-state index in [4.69, 9.17) is 5.73 Å². The Hall–Kier alpha value is -1.81. The molecule has 0 fully saturated rings. The summed E-state index contributed by atoms with van der Waals surface area (Å²) in [5.41, 5.74) is 7.76. The quantitative estimate of drug-likeness (QED) is 0.801. The molecule has 0 aliphatic heterocycles. The SMILES string of the molecule is NCC(c1ccncc1)c1cccnn1. The molecular weight excluding hydrogens is 188 g/mol. The molecular formula is C11H12N4. The van der Waals surface area contributed by atoms with Crippen molar-refractivity contribution in [1.82, 2.24) is 15.2 Å². The molecule has 0 radical (unpaired) electrons. The molecule has 0 saturated heterocycles. The molecule has 0 aliphatic carbocycles. The fraction of sp³-hybridized carbons (Fsp3) is 0.182. The molecule has 0 amide bonds. The van der Waals surface area contributed by atoms with Gasteiger partial charge in [0.15, 0.2) is 0 Å². The Morgan fingerprint density at radius 1 is 1.13 bits per heavy atom. The summed E-state index contributed by atoms with van der Waals surface area (Å²) >= 11 is 0. The maximum absolute atomic E-state index is 5.75. The first-order chi connectivity index (χ1) is 7.42. The zero-order valence-electron chi connectivity index (χ0n) is 8.24. The van der Waals surface area contributed by atoms with E-state index in [-0.39, 0.29) is 5.92 Å². The van der Waals surface area contributed by atoms with E-state index < -0.39 is 0 Å². The van der Waals surface area contributed by atoms with Gasteiger partial charge in [-0.25, -0.2) is 0 Å². The summed E-state index contributed by atoms with van der Waals surface area (Å²) in [6, 6.07) is 7.70. The van der Waals surface area contributed by atoms with Crippen LogP contribution in [0.15, 0.2) is 42.9 Å². The van der Waals surface area contributed by atoms with E-state index >= 15 is 0 Å². The van der Waals surface area contributed by atoms with Crippen molar-refractivity contribution in [3.8, 4) is 0 Å². The Morgan fingerprint density at radius 3 is 2.53 bits per heavy atom. The smallest absolute Gasteiger partial charge is 0.0718 e. The first-order valence-electron chi connectivity index (χ1n) is 4.79. The molecule has 2 aromatic rings. The molecule has 2 rings (SSSR count). The van der Waals surface area contributed by atoms with Crippen molar-refractivity contribution < 1.29 is 0 Å². The van der Waals surface area contributed by atoms with Gasteiger partial charge >= 0.3 is 0 Å². The first-order valence-corrected chi connectivity index (χ1v) is 4.79. The molecule has 2 aromatic heterocycles. The second kappa shape index (κ2) is 4.61. The summed E-state index contributed by atoms with van der Waals surface area (Å²) in [4.78, 5) is 3.98. The van der Waals surface area contributed by atoms with Gasteiger partial charge in [0.25, 0.3) is 0 Å². The van der Waals surface area contributed by atoms with Gasteiger partial charge in [-0.3, -0.25) is 4.98 Å². The summed E-state index contributed by atoms with van der Waals surface area (Å²) in [6.45, 7) is 0.517. The number of nitrogens with two attached hydrogens (primary N) is 1. The monoisotopic (exact) mass is 200 g/mol. The minimum Gasteiger partial charge on any atom is -0.329 e. The normalized spacial score (nSPS) is 12.3. The average molecular weight is 200 g/mol. The molecule has 15 heavy (non-hydrogen) atoms. The van der Waals surface area contributed by atoms with E-state index in [1.807, 2.05) is 24.3 Å². The van der Waals surface area contributed by atoms with Crippen molar-refractivity contribution in [1.29, 1.82) is 0 Å². The van der Waals surface area contributed by atoms with E-state index in [1.54, 1.807) is 18.6 Å². The van der Waals surface area contributed by atoms with Crippen LogP contribution in [-0.4, -0.2) is 21.7 Å². The largest absolute Gasteiger partial charge is 0.329 e. The lowest BCUT2D eigenvalue weighted by Crippen LogP contribution is -2.15. The Kier molecular flexibility index (Phi) is 2.99. The Balaban J connectivity index is 2.34. The third-order valence-corrected chi connectivity index (χ3v) is 2.29. The van der Waals surface area contributed by atoms with Gasteiger partial charge in [0.2, 0.25) is 0 Å². The number of rotatable bonds is 3. The highest BCUT2D eigenvalue weighted by atomic mass is 15.1. The summed E-state index contributed by atoms with van der Waals surface area (Å²) in [5, 5.41) is 7.93. The molecule has 1 unspecified atom stereocenters. The summed E-state index contributed by atoms with van der Waals surface area (Å²) < 4.78 is 0. The molecule has 0 spiro atoms. The van der Waals surface area contributed by atoms with Crippen LogP contribution in [0.2, 0.25) is 0 Å². The maximum atomic E-state index is 5.75. The van der Waals surface area contributed by atoms with Gasteiger partial charge in [-0.2, -0.15) is 10.2 Å². The maximum Gasteiger partial charge on any atom is 0.0718 e. The number of nitrogens with zero attached hydrogens (tertiary/aromatic N) is 3. The third kappa shape index (κ3) is 2.16. The van der Waals surface area contributed by atoms with Gasteiger partial charge < -0.3 is 5.73 Å². The highest BCUT2D eigenvalue weighted by molar-refractivity contribution is 5.26. The predicted molar refractivity (Wildman–Crippen MR) is 57.2 cm³/mol. The van der Waals surface area contributed by atoms with Gasteiger partial charge in [-0.15, -0.1) is 0 Å². The van der Waals surface area contributed by atoms with Crippen molar-refractivity contribution in [2.45, 2.75) is 5.92 Å². The van der Waals surface area contributed by atoms with Gasteiger partial charge in [-0.1, -0.05) is 0 Å². The highest BCUT2D eigenvalue weighted by Crippen LogP contribution is 2.19. The van der Waals surface area contributed by atoms with Crippen LogP contribution in [0.1, 0.15) is 17.2 Å². The van der Waals surface area contributed by atoms with Crippen molar-refractivity contribution in [2.24, 2.45) is 5.73 Å². The van der Waals surface area contributed by atoms with Crippen molar-refractivity contribution in [2.75, 3.05) is 6.54 Å². The Bertz CT molecular complexity index is 362. The average Bonchev–Trinajstić information content (AvgIpc) is 2.33. The third-order valence-electron chi connectivity index (χ3n) is 2.29. The van der Waals surface area contributed by atoms with Crippen LogP contribution >= 0.6 is 0 Å². The summed E-state index contributed by atoms with van der Waals surface area (Å²) in [5.74, 6) is 0.0988. The van der Waals surface area contributed by atoms with Gasteiger partial charge in [0, 0.05) is 31.1 Å². The second-order valence-corrected chi connectivity index (χ2v) is 3.22. The molecule has 4 nitrogen and oxygen atoms in total. The number of hydrogen-bond donors (Lipinski definition) is 1. The molecule has 0 saturated carbocycles. The van der Waals surface area contributed by atoms with Crippen molar-refractivity contribution in [3.63, 3.8) is 0 Å². The van der Waals surface area contributed by atoms with E-state index in [1.165, 1.54) is 0 Å². The summed E-state index contributed by atoms with van der Waals surface area (Å²) in [7, 11) is 0. The standard InChI is InChI=1S/C11H12N4/c12-8-10(9-3-6-13-7-4-9)11-2-1-5-14-15-11/h1-7,10H,8,12H2. The minimum atomic E-state index is 0.0988. The molecule has 76 valence electrons. The zero-order valence-corrected chi connectivity index (χ0v) is 8.24. The molecule has 2 heterocycles. The van der Waals surface area contributed by atoms with Crippen LogP contribution in [0.3, 0.4) is 0 Å². The first kappa shape index (κ1) is 9.73. The zero-order chi connectivity index (χ0) is 10.5. The lowest BCUT2D eigenvalue weighted by atomic mass is 9.97. The van der Waals surface area contributed by atoms with Crippen LogP contribution in [0, 0.1) is 0 Å². The van der Waals surface area contributed by atoms with Crippen LogP contribution < -0.4 is 5.73 Å². The van der Waals surface area contributed by atoms with E-state index in [9.17, 15) is 0 Å². The van der Waals surface area contributed by atoms with Crippen LogP contribution in [-0.2, 0) is 0 Å². The molecule has 0 bridgehead atoms. The highest BCUT2D eigenvalue weighted by Gasteiger charge is 2.13. The Labute approximate surface area is 88.2 Å². The van der Waals surface area contributed by atoms with E-state index in [2.05, 4.69) is 15.2 Å². The minimum absolute atomic E-state index is 0.0988. The Morgan fingerprint density at radius 2 is 1.93 bits per heavy atom. The topological polar surface area (TPSA) is 64.7 Å². The fourth-order valence-electron chi connectivity index (χ4n) is 1.52. The summed E-state index contributed by atoms with van der Waals surface area (Å²) in [6.07, 6.45) is 5.17. The number of hydrogen-bond acceptors (Lipinski definition) is 4. The lowest BCUT2D eigenvalue weighted by molar-refractivity contribution is 0.759. The van der Waals surface area contributed by atoms with Crippen LogP contribution in [0.5, 0.6) is 0 Å². The molecule has 0 aliphatic rings. The van der Waals surface area contributed by atoms with E-state index in [0.717, 1.165) is 11.3 Å². The van der Waals surface area contributed by atoms with Crippen molar-refractivity contribution >= 4 is 0 Å². The van der Waals surface area contributed by atoms with Gasteiger partial charge in [0.1, 0.15) is 0 Å². The lowest BCUT2D eigenvalue weighted by Gasteiger charge is -2.13. The van der Waals surface area contributed by atoms with Gasteiger partial charge in [-0.05, 0) is 29.8 Å². The van der Waals surface area contributed by atoms with Crippen LogP contribution in [0.4, 0.5) is 0 Å². The van der Waals surface area contributed by atoms with Gasteiger partial charge in [0.05, 0.1) is 5.69 Å². The molecule has 4 heteroatoms. The molecule has 0 aromatic carbocycles. The van der Waals surface area contributed by atoms with Crippen LogP contribution in [0.25, 0.3) is 0 Å². The molecule has 1 atom stereocenters. The van der Waals surface area contributed by atoms with E-state index in [0.29, 0.717) is 6.54 Å². The fourth-order valence-corrected chi connectivity index (χ4v) is 1.52. The predicted octanol–water partition coefficient (Wildman–Crippen LogP) is 0.962. The second-order valence-electron chi connectivity index (χ2n) is 3.22. The van der Waals surface area contributed by atoms with Crippen molar-refractivity contribution in [3.05, 3.63) is 54.1 Å². The molecule has 2 N–H and O–H groups in total. The number of aromatic nitrogens is 3.